The Balaban J connectivity index is 2.24. The van der Waals surface area contributed by atoms with Crippen molar-refractivity contribution in [1.82, 2.24) is 0 Å². The monoisotopic (exact) mass is 279 g/mol. The van der Waals surface area contributed by atoms with Crippen LogP contribution in [-0.2, 0) is 0 Å². The van der Waals surface area contributed by atoms with Crippen molar-refractivity contribution in [3.05, 3.63) is 54.1 Å². The van der Waals surface area contributed by atoms with Gasteiger partial charge in [-0.25, -0.2) is 0 Å². The standard InChI is InChI=1S/C15H15F2NS/c1-10(18)12-3-2-4-13(9-12)11-5-7-14(8-6-11)19-15(16)17/h2-10,15H,18H2,1H3. The number of alkyl halides is 2. The highest BCUT2D eigenvalue weighted by Gasteiger charge is 2.06. The van der Waals surface area contributed by atoms with Crippen LogP contribution in [0.4, 0.5) is 8.78 Å². The van der Waals surface area contributed by atoms with E-state index in [-0.39, 0.29) is 6.04 Å². The molecule has 2 aromatic rings. The van der Waals surface area contributed by atoms with Crippen LogP contribution in [0.2, 0.25) is 0 Å². The first kappa shape index (κ1) is 14.0. The third-order valence-corrected chi connectivity index (χ3v) is 3.55. The van der Waals surface area contributed by atoms with E-state index in [9.17, 15) is 8.78 Å². The highest BCUT2D eigenvalue weighted by molar-refractivity contribution is 7.99. The summed E-state index contributed by atoms with van der Waals surface area (Å²) in [6.45, 7) is 1.93. The van der Waals surface area contributed by atoms with Gasteiger partial charge in [-0.15, -0.1) is 0 Å². The number of rotatable bonds is 4. The number of hydrogen-bond acceptors (Lipinski definition) is 2. The summed E-state index contributed by atoms with van der Waals surface area (Å²) in [5.74, 6) is -2.38. The molecule has 0 aliphatic rings. The van der Waals surface area contributed by atoms with Crippen LogP contribution in [0, 0.1) is 0 Å². The molecule has 0 aliphatic heterocycles. The van der Waals surface area contributed by atoms with Crippen LogP contribution in [0.1, 0.15) is 18.5 Å². The van der Waals surface area contributed by atoms with Crippen LogP contribution >= 0.6 is 11.8 Å². The van der Waals surface area contributed by atoms with E-state index in [1.165, 1.54) is 0 Å². The summed E-state index contributed by atoms with van der Waals surface area (Å²) in [5.41, 5.74) is 8.96. The zero-order chi connectivity index (χ0) is 13.8. The Labute approximate surface area is 115 Å². The molecular weight excluding hydrogens is 264 g/mol. The molecule has 0 radical (unpaired) electrons. The lowest BCUT2D eigenvalue weighted by atomic mass is 10.0. The van der Waals surface area contributed by atoms with Gasteiger partial charge in [0.25, 0.3) is 5.76 Å². The predicted molar refractivity (Wildman–Crippen MR) is 76.3 cm³/mol. The maximum atomic E-state index is 12.2. The van der Waals surface area contributed by atoms with Crippen LogP contribution < -0.4 is 5.73 Å². The van der Waals surface area contributed by atoms with E-state index in [1.807, 2.05) is 43.3 Å². The minimum absolute atomic E-state index is 0.0198. The molecule has 0 aromatic heterocycles. The molecule has 1 nitrogen and oxygen atoms in total. The molecule has 0 heterocycles. The van der Waals surface area contributed by atoms with Crippen molar-refractivity contribution in [3.8, 4) is 11.1 Å². The third kappa shape index (κ3) is 3.78. The molecule has 2 N–H and O–H groups in total. The molecule has 1 unspecified atom stereocenters. The summed E-state index contributed by atoms with van der Waals surface area (Å²) in [6.07, 6.45) is 0. The van der Waals surface area contributed by atoms with Crippen LogP contribution in [-0.4, -0.2) is 5.76 Å². The van der Waals surface area contributed by atoms with Crippen LogP contribution in [0.5, 0.6) is 0 Å². The second-order valence-corrected chi connectivity index (χ2v) is 5.38. The lowest BCUT2D eigenvalue weighted by Gasteiger charge is -2.09. The zero-order valence-corrected chi connectivity index (χ0v) is 11.3. The second-order valence-electron chi connectivity index (χ2n) is 4.32. The normalized spacial score (nSPS) is 12.7. The quantitative estimate of drug-likeness (QED) is 0.822. The summed E-state index contributed by atoms with van der Waals surface area (Å²) in [7, 11) is 0. The molecular formula is C15H15F2NS. The highest BCUT2D eigenvalue weighted by atomic mass is 32.2. The number of benzene rings is 2. The van der Waals surface area contributed by atoms with Crippen molar-refractivity contribution in [2.24, 2.45) is 5.73 Å². The molecule has 0 fully saturated rings. The largest absolute Gasteiger partial charge is 0.324 e. The SMILES string of the molecule is CC(N)c1cccc(-c2ccc(SC(F)F)cc2)c1. The fraction of sp³-hybridized carbons (Fsp3) is 0.200. The van der Waals surface area contributed by atoms with E-state index in [2.05, 4.69) is 0 Å². The molecule has 2 rings (SSSR count). The van der Waals surface area contributed by atoms with Crippen molar-refractivity contribution in [1.29, 1.82) is 0 Å². The van der Waals surface area contributed by atoms with Crippen LogP contribution in [0.25, 0.3) is 11.1 Å². The van der Waals surface area contributed by atoms with Crippen molar-refractivity contribution >= 4 is 11.8 Å². The number of hydrogen-bond donors (Lipinski definition) is 1. The van der Waals surface area contributed by atoms with Gasteiger partial charge in [0.2, 0.25) is 0 Å². The fourth-order valence-corrected chi connectivity index (χ4v) is 2.33. The molecule has 1 atom stereocenters. The highest BCUT2D eigenvalue weighted by Crippen LogP contribution is 2.28. The van der Waals surface area contributed by atoms with E-state index in [0.29, 0.717) is 16.7 Å². The van der Waals surface area contributed by atoms with E-state index in [0.717, 1.165) is 16.7 Å². The van der Waals surface area contributed by atoms with Crippen molar-refractivity contribution < 1.29 is 8.78 Å². The number of nitrogens with two attached hydrogens (primary N) is 1. The molecule has 0 amide bonds. The molecule has 19 heavy (non-hydrogen) atoms. The van der Waals surface area contributed by atoms with Gasteiger partial charge in [0.15, 0.2) is 0 Å². The van der Waals surface area contributed by atoms with E-state index >= 15 is 0 Å². The summed E-state index contributed by atoms with van der Waals surface area (Å²) in [5, 5.41) is 0. The zero-order valence-electron chi connectivity index (χ0n) is 10.5. The van der Waals surface area contributed by atoms with E-state index < -0.39 is 5.76 Å². The summed E-state index contributed by atoms with van der Waals surface area (Å²) < 4.78 is 24.5. The molecule has 0 spiro atoms. The first-order valence-electron chi connectivity index (χ1n) is 5.97. The molecule has 0 saturated heterocycles. The van der Waals surface area contributed by atoms with E-state index in [1.54, 1.807) is 12.1 Å². The van der Waals surface area contributed by atoms with Gasteiger partial charge in [0.05, 0.1) is 0 Å². The van der Waals surface area contributed by atoms with Crippen molar-refractivity contribution in [3.63, 3.8) is 0 Å². The van der Waals surface area contributed by atoms with Crippen LogP contribution in [0.15, 0.2) is 53.4 Å². The second kappa shape index (κ2) is 6.17. The van der Waals surface area contributed by atoms with Gasteiger partial charge in [-0.3, -0.25) is 0 Å². The predicted octanol–water partition coefficient (Wildman–Crippen LogP) is 4.69. The minimum Gasteiger partial charge on any atom is -0.324 e. The third-order valence-electron chi connectivity index (χ3n) is 2.83. The maximum absolute atomic E-state index is 12.2. The average molecular weight is 279 g/mol. The Bertz CT molecular complexity index is 538. The fourth-order valence-electron chi connectivity index (χ4n) is 1.83. The molecule has 0 aliphatic carbocycles. The van der Waals surface area contributed by atoms with Crippen molar-refractivity contribution in [2.75, 3.05) is 0 Å². The topological polar surface area (TPSA) is 26.0 Å². The van der Waals surface area contributed by atoms with Crippen LogP contribution in [0.3, 0.4) is 0 Å². The molecule has 0 bridgehead atoms. The molecule has 100 valence electrons. The number of halogens is 2. The average Bonchev–Trinajstić information content (AvgIpc) is 2.39. The van der Waals surface area contributed by atoms with Gasteiger partial charge < -0.3 is 5.73 Å². The van der Waals surface area contributed by atoms with Gasteiger partial charge in [-0.05, 0) is 41.8 Å². The molecule has 0 saturated carbocycles. The maximum Gasteiger partial charge on any atom is 0.288 e. The Morgan fingerprint density at radius 3 is 2.26 bits per heavy atom. The molecule has 4 heteroatoms. The first-order valence-corrected chi connectivity index (χ1v) is 6.85. The lowest BCUT2D eigenvalue weighted by Crippen LogP contribution is -2.04. The van der Waals surface area contributed by atoms with Gasteiger partial charge in [0.1, 0.15) is 0 Å². The van der Waals surface area contributed by atoms with Crippen molar-refractivity contribution in [2.45, 2.75) is 23.6 Å². The molecule has 2 aromatic carbocycles. The lowest BCUT2D eigenvalue weighted by molar-refractivity contribution is 0.252. The van der Waals surface area contributed by atoms with Gasteiger partial charge >= 0.3 is 0 Å². The first-order chi connectivity index (χ1) is 9.06. The smallest absolute Gasteiger partial charge is 0.288 e. The van der Waals surface area contributed by atoms with Gasteiger partial charge in [0, 0.05) is 10.9 Å². The van der Waals surface area contributed by atoms with Gasteiger partial charge in [-0.2, -0.15) is 8.78 Å². The van der Waals surface area contributed by atoms with E-state index in [4.69, 9.17) is 5.73 Å². The Morgan fingerprint density at radius 2 is 1.68 bits per heavy atom. The van der Waals surface area contributed by atoms with Gasteiger partial charge in [-0.1, -0.05) is 42.1 Å². The number of thioether (sulfide) groups is 1. The Kier molecular flexibility index (Phi) is 4.56. The minimum atomic E-state index is -2.38. The summed E-state index contributed by atoms with van der Waals surface area (Å²) in [4.78, 5) is 0.571. The summed E-state index contributed by atoms with van der Waals surface area (Å²) in [6, 6.07) is 15.1. The Hall–Kier alpha value is -1.39. The Morgan fingerprint density at radius 1 is 1.00 bits per heavy atom. The summed E-state index contributed by atoms with van der Waals surface area (Å²) >= 11 is 0.557.